The van der Waals surface area contributed by atoms with Gasteiger partial charge in [0.05, 0.1) is 5.54 Å². The third-order valence-electron chi connectivity index (χ3n) is 3.50. The summed E-state index contributed by atoms with van der Waals surface area (Å²) in [6.45, 7) is 4.35. The van der Waals surface area contributed by atoms with E-state index in [-0.39, 0.29) is 5.54 Å². The molecule has 2 rings (SSSR count). The van der Waals surface area contributed by atoms with Crippen LogP contribution in [0.3, 0.4) is 0 Å². The molecule has 1 aromatic heterocycles. The number of thiazole rings is 1. The molecule has 0 saturated heterocycles. The Morgan fingerprint density at radius 1 is 1.57 bits per heavy atom. The van der Waals surface area contributed by atoms with Crippen LogP contribution in [-0.4, -0.2) is 12.0 Å². The second-order valence-electron chi connectivity index (χ2n) is 4.37. The molecule has 0 aromatic carbocycles. The molecular formula is C11H18N2S. The topological polar surface area (TPSA) is 24.9 Å². The number of hydrogen-bond acceptors (Lipinski definition) is 3. The molecule has 0 spiro atoms. The van der Waals surface area contributed by atoms with Crippen LogP contribution in [-0.2, 0) is 5.54 Å². The summed E-state index contributed by atoms with van der Waals surface area (Å²) in [5.41, 5.74) is 1.25. The smallest absolute Gasteiger partial charge is 0.113 e. The van der Waals surface area contributed by atoms with Crippen molar-refractivity contribution < 1.29 is 0 Å². The Balaban J connectivity index is 2.26. The molecule has 3 heteroatoms. The molecule has 1 fully saturated rings. The van der Waals surface area contributed by atoms with Crippen LogP contribution < -0.4 is 5.32 Å². The normalized spacial score (nSPS) is 21.6. The quantitative estimate of drug-likeness (QED) is 0.829. The average molecular weight is 210 g/mol. The summed E-state index contributed by atoms with van der Waals surface area (Å²) in [4.78, 5) is 4.61. The lowest BCUT2D eigenvalue weighted by Gasteiger charge is -2.41. The Kier molecular flexibility index (Phi) is 2.62. The maximum atomic E-state index is 4.61. The van der Waals surface area contributed by atoms with Crippen LogP contribution in [0.15, 0.2) is 5.38 Å². The fraction of sp³-hybridized carbons (Fsp3) is 0.727. The van der Waals surface area contributed by atoms with Gasteiger partial charge >= 0.3 is 0 Å². The van der Waals surface area contributed by atoms with Crippen LogP contribution in [0.4, 0.5) is 0 Å². The highest BCUT2D eigenvalue weighted by Crippen LogP contribution is 2.42. The zero-order chi connectivity index (χ0) is 10.2. The van der Waals surface area contributed by atoms with E-state index in [4.69, 9.17) is 0 Å². The van der Waals surface area contributed by atoms with Crippen LogP contribution >= 0.6 is 11.3 Å². The molecule has 1 unspecified atom stereocenters. The van der Waals surface area contributed by atoms with Crippen molar-refractivity contribution in [2.75, 3.05) is 7.05 Å². The van der Waals surface area contributed by atoms with Crippen LogP contribution in [0.2, 0.25) is 0 Å². The van der Waals surface area contributed by atoms with Crippen LogP contribution in [0.1, 0.15) is 36.9 Å². The fourth-order valence-electron chi connectivity index (χ4n) is 2.06. The fourth-order valence-corrected chi connectivity index (χ4v) is 3.11. The van der Waals surface area contributed by atoms with Gasteiger partial charge in [-0.25, -0.2) is 4.98 Å². The maximum Gasteiger partial charge on any atom is 0.113 e. The second-order valence-corrected chi connectivity index (χ2v) is 5.23. The van der Waals surface area contributed by atoms with Gasteiger partial charge in [0.15, 0.2) is 0 Å². The minimum atomic E-state index is 0.108. The zero-order valence-electron chi connectivity index (χ0n) is 9.13. The van der Waals surface area contributed by atoms with E-state index in [9.17, 15) is 0 Å². The van der Waals surface area contributed by atoms with E-state index in [1.807, 2.05) is 0 Å². The number of aromatic nitrogens is 1. The summed E-state index contributed by atoms with van der Waals surface area (Å²) in [6, 6.07) is 0. The molecule has 0 bridgehead atoms. The van der Waals surface area contributed by atoms with Gasteiger partial charge < -0.3 is 5.32 Å². The summed E-state index contributed by atoms with van der Waals surface area (Å²) in [5, 5.41) is 6.85. The Labute approximate surface area is 89.8 Å². The highest BCUT2D eigenvalue weighted by molar-refractivity contribution is 7.09. The summed E-state index contributed by atoms with van der Waals surface area (Å²) >= 11 is 1.79. The molecule has 2 nitrogen and oxygen atoms in total. The number of nitrogens with one attached hydrogen (secondary N) is 1. The average Bonchev–Trinajstić information content (AvgIpc) is 2.48. The van der Waals surface area contributed by atoms with Crippen molar-refractivity contribution in [3.05, 3.63) is 16.1 Å². The Hall–Kier alpha value is -0.410. The minimum Gasteiger partial charge on any atom is -0.308 e. The van der Waals surface area contributed by atoms with Crippen molar-refractivity contribution in [1.29, 1.82) is 0 Å². The zero-order valence-corrected chi connectivity index (χ0v) is 9.95. The van der Waals surface area contributed by atoms with E-state index in [0.717, 1.165) is 11.6 Å². The van der Waals surface area contributed by atoms with E-state index in [0.29, 0.717) is 0 Å². The highest BCUT2D eigenvalue weighted by Gasteiger charge is 2.40. The molecule has 0 amide bonds. The molecule has 1 aliphatic rings. The highest BCUT2D eigenvalue weighted by atomic mass is 32.1. The molecule has 1 saturated carbocycles. The van der Waals surface area contributed by atoms with E-state index in [2.05, 4.69) is 36.6 Å². The van der Waals surface area contributed by atoms with Crippen molar-refractivity contribution in [3.8, 4) is 0 Å². The van der Waals surface area contributed by atoms with Crippen LogP contribution in [0.5, 0.6) is 0 Å². The number of nitrogens with zero attached hydrogens (tertiary/aromatic N) is 1. The first-order chi connectivity index (χ1) is 6.66. The first kappa shape index (κ1) is 10.1. The van der Waals surface area contributed by atoms with Gasteiger partial charge in [0.25, 0.3) is 0 Å². The van der Waals surface area contributed by atoms with Crippen molar-refractivity contribution in [2.45, 2.75) is 38.6 Å². The summed E-state index contributed by atoms with van der Waals surface area (Å²) in [5.74, 6) is 0.776. The molecule has 78 valence electrons. The number of hydrogen-bond donors (Lipinski definition) is 1. The van der Waals surface area contributed by atoms with E-state index < -0.39 is 0 Å². The molecule has 1 atom stereocenters. The summed E-state index contributed by atoms with van der Waals surface area (Å²) in [6.07, 6.45) is 4.07. The van der Waals surface area contributed by atoms with Gasteiger partial charge in [0.2, 0.25) is 0 Å². The first-order valence-corrected chi connectivity index (χ1v) is 6.16. The largest absolute Gasteiger partial charge is 0.308 e. The molecular weight excluding hydrogens is 192 g/mol. The number of rotatable bonds is 3. The van der Waals surface area contributed by atoms with Crippen molar-refractivity contribution in [3.63, 3.8) is 0 Å². The first-order valence-electron chi connectivity index (χ1n) is 5.28. The summed E-state index contributed by atoms with van der Waals surface area (Å²) < 4.78 is 0. The molecule has 1 aliphatic carbocycles. The molecule has 14 heavy (non-hydrogen) atoms. The third-order valence-corrected chi connectivity index (χ3v) is 4.70. The third kappa shape index (κ3) is 1.48. The second kappa shape index (κ2) is 3.63. The lowest BCUT2D eigenvalue weighted by Crippen LogP contribution is -2.46. The van der Waals surface area contributed by atoms with Gasteiger partial charge in [-0.05, 0) is 39.7 Å². The predicted octanol–water partition coefficient (Wildman–Crippen LogP) is 2.69. The van der Waals surface area contributed by atoms with Gasteiger partial charge in [-0.15, -0.1) is 11.3 Å². The molecule has 0 radical (unpaired) electrons. The minimum absolute atomic E-state index is 0.108. The molecule has 1 heterocycles. The standard InChI is InChI=1S/C11H18N2S/c1-8-7-14-10(13-8)11(2,12-3)9-5-4-6-9/h7,9,12H,4-6H2,1-3H3. The van der Waals surface area contributed by atoms with Gasteiger partial charge in [-0.2, -0.15) is 0 Å². The van der Waals surface area contributed by atoms with Crippen molar-refractivity contribution in [1.82, 2.24) is 10.3 Å². The van der Waals surface area contributed by atoms with Gasteiger partial charge in [0.1, 0.15) is 5.01 Å². The van der Waals surface area contributed by atoms with Crippen LogP contribution in [0.25, 0.3) is 0 Å². The van der Waals surface area contributed by atoms with E-state index >= 15 is 0 Å². The van der Waals surface area contributed by atoms with E-state index in [1.165, 1.54) is 24.3 Å². The van der Waals surface area contributed by atoms with Crippen molar-refractivity contribution in [2.24, 2.45) is 5.92 Å². The predicted molar refractivity (Wildman–Crippen MR) is 60.6 cm³/mol. The molecule has 0 aliphatic heterocycles. The van der Waals surface area contributed by atoms with Gasteiger partial charge in [-0.1, -0.05) is 6.42 Å². The monoisotopic (exact) mass is 210 g/mol. The van der Waals surface area contributed by atoms with Gasteiger partial charge in [-0.3, -0.25) is 0 Å². The lowest BCUT2D eigenvalue weighted by atomic mass is 9.72. The lowest BCUT2D eigenvalue weighted by molar-refractivity contribution is 0.150. The summed E-state index contributed by atoms with van der Waals surface area (Å²) in [7, 11) is 2.05. The maximum absolute atomic E-state index is 4.61. The van der Waals surface area contributed by atoms with Crippen LogP contribution in [0, 0.1) is 12.8 Å². The molecule has 1 aromatic rings. The van der Waals surface area contributed by atoms with E-state index in [1.54, 1.807) is 11.3 Å². The van der Waals surface area contributed by atoms with Gasteiger partial charge in [0, 0.05) is 11.1 Å². The Bertz CT molecular complexity index is 317. The van der Waals surface area contributed by atoms with Crippen molar-refractivity contribution >= 4 is 11.3 Å². The SMILES string of the molecule is CNC(C)(c1nc(C)cs1)C1CCC1. The Morgan fingerprint density at radius 2 is 2.29 bits per heavy atom. The molecule has 1 N–H and O–H groups in total. The Morgan fingerprint density at radius 3 is 2.64 bits per heavy atom. The number of aryl methyl sites for hydroxylation is 1.